The van der Waals surface area contributed by atoms with Crippen molar-refractivity contribution in [3.05, 3.63) is 0 Å². The molecule has 0 bridgehead atoms. The standard InChI is InChI=1S/C9H14FNO/c10-6-9-2-1-8(5-9)3-4-11-7-12/h8-9H,1-6H2. The number of hydrogen-bond acceptors (Lipinski definition) is 2. The highest BCUT2D eigenvalue weighted by molar-refractivity contribution is 5.32. The quantitative estimate of drug-likeness (QED) is 0.470. The molecule has 12 heavy (non-hydrogen) atoms. The van der Waals surface area contributed by atoms with Crippen molar-refractivity contribution in [2.75, 3.05) is 13.2 Å². The predicted octanol–water partition coefficient (Wildman–Crippen LogP) is 2.10. The van der Waals surface area contributed by atoms with Crippen LogP contribution in [0.4, 0.5) is 4.39 Å². The van der Waals surface area contributed by atoms with E-state index < -0.39 is 0 Å². The Morgan fingerprint density at radius 2 is 2.17 bits per heavy atom. The van der Waals surface area contributed by atoms with Gasteiger partial charge in [0, 0.05) is 0 Å². The molecule has 2 atom stereocenters. The molecule has 0 aromatic carbocycles. The van der Waals surface area contributed by atoms with Crippen LogP contribution in [0.5, 0.6) is 0 Å². The molecule has 0 N–H and O–H groups in total. The largest absolute Gasteiger partial charge is 0.251 e. The first-order valence-electron chi connectivity index (χ1n) is 4.46. The highest BCUT2D eigenvalue weighted by Gasteiger charge is 2.23. The van der Waals surface area contributed by atoms with Gasteiger partial charge >= 0.3 is 0 Å². The van der Waals surface area contributed by atoms with Crippen LogP contribution in [0.2, 0.25) is 0 Å². The van der Waals surface area contributed by atoms with Gasteiger partial charge < -0.3 is 0 Å². The molecule has 3 heteroatoms. The molecule has 1 fully saturated rings. The summed E-state index contributed by atoms with van der Waals surface area (Å²) in [6, 6.07) is 0. The van der Waals surface area contributed by atoms with Crippen molar-refractivity contribution in [3.63, 3.8) is 0 Å². The molecule has 0 aliphatic heterocycles. The molecule has 2 unspecified atom stereocenters. The van der Waals surface area contributed by atoms with E-state index >= 15 is 0 Å². The third-order valence-corrected chi connectivity index (χ3v) is 2.58. The first-order valence-corrected chi connectivity index (χ1v) is 4.46. The molecule has 0 aromatic heterocycles. The second-order valence-electron chi connectivity index (χ2n) is 3.46. The minimum Gasteiger partial charge on any atom is -0.251 e. The van der Waals surface area contributed by atoms with Crippen LogP contribution in [0.1, 0.15) is 25.7 Å². The van der Waals surface area contributed by atoms with E-state index in [0.29, 0.717) is 12.5 Å². The van der Waals surface area contributed by atoms with Gasteiger partial charge in [0.25, 0.3) is 0 Å². The topological polar surface area (TPSA) is 29.4 Å². The molecule has 0 radical (unpaired) electrons. The SMILES string of the molecule is O=C=NCCC1CCC(CF)C1. The first-order chi connectivity index (χ1) is 5.86. The molecule has 0 heterocycles. The van der Waals surface area contributed by atoms with Crippen LogP contribution in [0.15, 0.2) is 4.99 Å². The third kappa shape index (κ3) is 2.74. The van der Waals surface area contributed by atoms with E-state index in [1.807, 2.05) is 0 Å². The van der Waals surface area contributed by atoms with E-state index in [2.05, 4.69) is 4.99 Å². The average Bonchev–Trinajstić information content (AvgIpc) is 2.53. The zero-order chi connectivity index (χ0) is 8.81. The molecule has 0 spiro atoms. The first kappa shape index (κ1) is 9.40. The van der Waals surface area contributed by atoms with Crippen molar-refractivity contribution < 1.29 is 9.18 Å². The lowest BCUT2D eigenvalue weighted by molar-refractivity contribution is 0.354. The summed E-state index contributed by atoms with van der Waals surface area (Å²) in [5, 5.41) is 0. The minimum atomic E-state index is -0.187. The van der Waals surface area contributed by atoms with E-state index in [4.69, 9.17) is 0 Å². The number of aliphatic imine (C=N–C) groups is 1. The molecule has 0 aromatic rings. The summed E-state index contributed by atoms with van der Waals surface area (Å²) in [7, 11) is 0. The molecular formula is C9H14FNO. The van der Waals surface area contributed by atoms with Gasteiger partial charge in [-0.3, -0.25) is 4.39 Å². The van der Waals surface area contributed by atoms with Gasteiger partial charge in [-0.2, -0.15) is 0 Å². The van der Waals surface area contributed by atoms with Crippen LogP contribution in [-0.2, 0) is 4.79 Å². The van der Waals surface area contributed by atoms with Gasteiger partial charge in [-0.05, 0) is 31.1 Å². The number of rotatable bonds is 4. The number of isocyanates is 1. The van der Waals surface area contributed by atoms with Crippen LogP contribution in [0.25, 0.3) is 0 Å². The van der Waals surface area contributed by atoms with Crippen molar-refractivity contribution in [1.82, 2.24) is 0 Å². The smallest absolute Gasteiger partial charge is 0.234 e. The maximum atomic E-state index is 12.2. The monoisotopic (exact) mass is 171 g/mol. The van der Waals surface area contributed by atoms with Gasteiger partial charge in [0.05, 0.1) is 13.2 Å². The lowest BCUT2D eigenvalue weighted by Gasteiger charge is -2.05. The lowest BCUT2D eigenvalue weighted by atomic mass is 10.0. The summed E-state index contributed by atoms with van der Waals surface area (Å²) in [6.07, 6.45) is 5.52. The van der Waals surface area contributed by atoms with Crippen LogP contribution < -0.4 is 0 Å². The van der Waals surface area contributed by atoms with Gasteiger partial charge in [0.2, 0.25) is 6.08 Å². The van der Waals surface area contributed by atoms with Crippen molar-refractivity contribution in [2.24, 2.45) is 16.8 Å². The third-order valence-electron chi connectivity index (χ3n) is 2.58. The zero-order valence-electron chi connectivity index (χ0n) is 7.13. The molecule has 0 saturated heterocycles. The lowest BCUT2D eigenvalue weighted by Crippen LogP contribution is -1.99. The van der Waals surface area contributed by atoms with E-state index in [1.165, 1.54) is 6.08 Å². The molecule has 2 nitrogen and oxygen atoms in total. The van der Waals surface area contributed by atoms with Gasteiger partial charge in [-0.15, -0.1) is 0 Å². The Morgan fingerprint density at radius 1 is 1.42 bits per heavy atom. The molecule has 1 aliphatic carbocycles. The highest BCUT2D eigenvalue weighted by atomic mass is 19.1. The van der Waals surface area contributed by atoms with Crippen molar-refractivity contribution >= 4 is 6.08 Å². The molecule has 1 saturated carbocycles. The highest BCUT2D eigenvalue weighted by Crippen LogP contribution is 2.32. The summed E-state index contributed by atoms with van der Waals surface area (Å²) in [6.45, 7) is 0.376. The summed E-state index contributed by atoms with van der Waals surface area (Å²) in [5.41, 5.74) is 0. The van der Waals surface area contributed by atoms with E-state index in [-0.39, 0.29) is 12.6 Å². The Kier molecular flexibility index (Phi) is 3.95. The fourth-order valence-electron chi connectivity index (χ4n) is 1.87. The Morgan fingerprint density at radius 3 is 2.75 bits per heavy atom. The number of hydrogen-bond donors (Lipinski definition) is 0. The Bertz CT molecular complexity index is 177. The van der Waals surface area contributed by atoms with Gasteiger partial charge in [0.1, 0.15) is 0 Å². The Labute approximate surface area is 71.9 Å². The minimum absolute atomic E-state index is 0.187. The van der Waals surface area contributed by atoms with Crippen LogP contribution >= 0.6 is 0 Å². The van der Waals surface area contributed by atoms with E-state index in [9.17, 15) is 9.18 Å². The van der Waals surface area contributed by atoms with Gasteiger partial charge in [-0.25, -0.2) is 9.79 Å². The Balaban J connectivity index is 2.14. The molecule has 0 amide bonds. The van der Waals surface area contributed by atoms with Crippen LogP contribution in [0, 0.1) is 11.8 Å². The number of halogens is 1. The number of alkyl halides is 1. The molecular weight excluding hydrogens is 157 g/mol. The van der Waals surface area contributed by atoms with Crippen molar-refractivity contribution in [3.8, 4) is 0 Å². The van der Waals surface area contributed by atoms with E-state index in [1.54, 1.807) is 0 Å². The second-order valence-corrected chi connectivity index (χ2v) is 3.46. The summed E-state index contributed by atoms with van der Waals surface area (Å²) < 4.78 is 12.2. The maximum Gasteiger partial charge on any atom is 0.234 e. The second kappa shape index (κ2) is 5.04. The van der Waals surface area contributed by atoms with Gasteiger partial charge in [-0.1, -0.05) is 6.42 Å². The summed E-state index contributed by atoms with van der Waals surface area (Å²) >= 11 is 0. The zero-order valence-corrected chi connectivity index (χ0v) is 7.13. The average molecular weight is 171 g/mol. The Hall–Kier alpha value is -0.690. The van der Waals surface area contributed by atoms with Crippen molar-refractivity contribution in [1.29, 1.82) is 0 Å². The molecule has 1 aliphatic rings. The summed E-state index contributed by atoms with van der Waals surface area (Å²) in [5.74, 6) is 0.859. The van der Waals surface area contributed by atoms with Crippen molar-refractivity contribution in [2.45, 2.75) is 25.7 Å². The molecule has 1 rings (SSSR count). The number of nitrogens with zero attached hydrogens (tertiary/aromatic N) is 1. The van der Waals surface area contributed by atoms with Crippen LogP contribution in [-0.4, -0.2) is 19.3 Å². The summed E-state index contributed by atoms with van der Waals surface area (Å²) in [4.78, 5) is 13.2. The fraction of sp³-hybridized carbons (Fsp3) is 0.889. The maximum absolute atomic E-state index is 12.2. The normalized spacial score (nSPS) is 28.4. The number of carbonyl (C=O) groups excluding carboxylic acids is 1. The fourth-order valence-corrected chi connectivity index (χ4v) is 1.87. The van der Waals surface area contributed by atoms with Gasteiger partial charge in [0.15, 0.2) is 0 Å². The van der Waals surface area contributed by atoms with Crippen LogP contribution in [0.3, 0.4) is 0 Å². The predicted molar refractivity (Wildman–Crippen MR) is 44.4 cm³/mol. The van der Waals surface area contributed by atoms with E-state index in [0.717, 1.165) is 25.7 Å². The molecule has 68 valence electrons.